The first kappa shape index (κ1) is 18.6. The lowest BCUT2D eigenvalue weighted by molar-refractivity contribution is -0.136. The Hall–Kier alpha value is -3.23. The zero-order chi connectivity index (χ0) is 19.6. The van der Waals surface area contributed by atoms with Gasteiger partial charge in [0.05, 0.1) is 17.5 Å². The molecule has 2 heterocycles. The lowest BCUT2D eigenvalue weighted by Gasteiger charge is -2.16. The average Bonchev–Trinajstić information content (AvgIpc) is 3.24. The number of hydrogen-bond donors (Lipinski definition) is 2. The standard InChI is InChI=1S/C18H16F3N3O3/c1-10-13(11(2)27-24-10)9-22-15-6-5-12(8-14(15)18(19,20)21)23-17(25)16-4-3-7-26-16/h3-8,22H,9H2,1-2H3,(H,23,25). The number of furan rings is 1. The third kappa shape index (κ3) is 4.13. The Bertz CT molecular complexity index is 927. The van der Waals surface area contributed by atoms with E-state index in [9.17, 15) is 18.0 Å². The number of nitrogens with one attached hydrogen (secondary N) is 2. The van der Waals surface area contributed by atoms with Gasteiger partial charge in [-0.3, -0.25) is 4.79 Å². The summed E-state index contributed by atoms with van der Waals surface area (Å²) < 4.78 is 50.3. The van der Waals surface area contributed by atoms with Crippen molar-refractivity contribution >= 4 is 17.3 Å². The summed E-state index contributed by atoms with van der Waals surface area (Å²) >= 11 is 0. The van der Waals surface area contributed by atoms with Crippen molar-refractivity contribution in [2.75, 3.05) is 10.6 Å². The van der Waals surface area contributed by atoms with Crippen molar-refractivity contribution < 1.29 is 26.9 Å². The van der Waals surface area contributed by atoms with Gasteiger partial charge < -0.3 is 19.6 Å². The molecule has 0 fully saturated rings. The predicted molar refractivity (Wildman–Crippen MR) is 91.4 cm³/mol. The lowest BCUT2D eigenvalue weighted by Crippen LogP contribution is -2.14. The van der Waals surface area contributed by atoms with Crippen LogP contribution in [-0.4, -0.2) is 11.1 Å². The highest BCUT2D eigenvalue weighted by Gasteiger charge is 2.34. The molecule has 1 amide bonds. The number of benzene rings is 1. The van der Waals surface area contributed by atoms with Crippen molar-refractivity contribution in [2.24, 2.45) is 0 Å². The van der Waals surface area contributed by atoms with Crippen LogP contribution in [0.2, 0.25) is 0 Å². The van der Waals surface area contributed by atoms with Crippen molar-refractivity contribution in [3.05, 3.63) is 64.9 Å². The number of hydrogen-bond acceptors (Lipinski definition) is 5. The molecule has 9 heteroatoms. The number of carbonyl (C=O) groups is 1. The Labute approximate surface area is 152 Å². The molecule has 0 aliphatic rings. The summed E-state index contributed by atoms with van der Waals surface area (Å²) in [6, 6.07) is 6.44. The molecule has 27 heavy (non-hydrogen) atoms. The van der Waals surface area contributed by atoms with E-state index in [-0.39, 0.29) is 23.7 Å². The second-order valence-corrected chi connectivity index (χ2v) is 5.85. The van der Waals surface area contributed by atoms with Crippen LogP contribution in [0.4, 0.5) is 24.5 Å². The van der Waals surface area contributed by atoms with Crippen molar-refractivity contribution in [1.82, 2.24) is 5.16 Å². The molecule has 0 unspecified atom stereocenters. The molecule has 142 valence electrons. The van der Waals surface area contributed by atoms with E-state index in [4.69, 9.17) is 8.94 Å². The number of carbonyl (C=O) groups excluding carboxylic acids is 1. The summed E-state index contributed by atoms with van der Waals surface area (Å²) in [4.78, 5) is 12.0. The molecular formula is C18H16F3N3O3. The monoisotopic (exact) mass is 379 g/mol. The molecule has 0 saturated heterocycles. The Morgan fingerprint density at radius 1 is 1.22 bits per heavy atom. The number of aromatic nitrogens is 1. The molecule has 0 spiro atoms. The van der Waals surface area contributed by atoms with Gasteiger partial charge in [0.15, 0.2) is 5.76 Å². The number of halogens is 3. The summed E-state index contributed by atoms with van der Waals surface area (Å²) in [6.45, 7) is 3.53. The van der Waals surface area contributed by atoms with Gasteiger partial charge in [-0.15, -0.1) is 0 Å². The van der Waals surface area contributed by atoms with Gasteiger partial charge >= 0.3 is 6.18 Å². The smallest absolute Gasteiger partial charge is 0.418 e. The molecular weight excluding hydrogens is 363 g/mol. The van der Waals surface area contributed by atoms with E-state index >= 15 is 0 Å². The number of aryl methyl sites for hydroxylation is 2. The van der Waals surface area contributed by atoms with Crippen LogP contribution in [0.5, 0.6) is 0 Å². The minimum Gasteiger partial charge on any atom is -0.459 e. The summed E-state index contributed by atoms with van der Waals surface area (Å²) in [5.74, 6) is -0.0930. The van der Waals surface area contributed by atoms with Gasteiger partial charge in [0.1, 0.15) is 5.76 Å². The van der Waals surface area contributed by atoms with Crippen molar-refractivity contribution in [1.29, 1.82) is 0 Å². The van der Waals surface area contributed by atoms with Gasteiger partial charge in [0, 0.05) is 23.5 Å². The Kier molecular flexibility index (Phi) is 4.93. The fraction of sp³-hybridized carbons (Fsp3) is 0.222. The molecule has 2 N–H and O–H groups in total. The van der Waals surface area contributed by atoms with Crippen LogP contribution < -0.4 is 10.6 Å². The largest absolute Gasteiger partial charge is 0.459 e. The maximum absolute atomic E-state index is 13.5. The zero-order valence-corrected chi connectivity index (χ0v) is 14.5. The highest BCUT2D eigenvalue weighted by Crippen LogP contribution is 2.37. The van der Waals surface area contributed by atoms with Gasteiger partial charge in [-0.1, -0.05) is 5.16 Å². The first-order chi connectivity index (χ1) is 12.8. The van der Waals surface area contributed by atoms with Gasteiger partial charge in [-0.05, 0) is 44.2 Å². The summed E-state index contributed by atoms with van der Waals surface area (Å²) in [5.41, 5.74) is 0.297. The molecule has 6 nitrogen and oxygen atoms in total. The molecule has 3 aromatic rings. The molecule has 0 atom stereocenters. The molecule has 0 bridgehead atoms. The topological polar surface area (TPSA) is 80.3 Å². The number of nitrogens with zero attached hydrogens (tertiary/aromatic N) is 1. The van der Waals surface area contributed by atoms with Crippen LogP contribution in [0.15, 0.2) is 45.5 Å². The van der Waals surface area contributed by atoms with Gasteiger partial charge in [-0.2, -0.15) is 13.2 Å². The van der Waals surface area contributed by atoms with Crippen molar-refractivity contribution in [3.63, 3.8) is 0 Å². The predicted octanol–water partition coefficient (Wildman–Crippen LogP) is 4.77. The van der Waals surface area contributed by atoms with E-state index in [2.05, 4.69) is 15.8 Å². The number of anilines is 2. The average molecular weight is 379 g/mol. The Balaban J connectivity index is 1.83. The third-order valence-electron chi connectivity index (χ3n) is 3.96. The fourth-order valence-corrected chi connectivity index (χ4v) is 2.55. The molecule has 1 aromatic carbocycles. The first-order valence-corrected chi connectivity index (χ1v) is 7.97. The van der Waals surface area contributed by atoms with E-state index < -0.39 is 17.6 Å². The fourth-order valence-electron chi connectivity index (χ4n) is 2.55. The van der Waals surface area contributed by atoms with Crippen molar-refractivity contribution in [3.8, 4) is 0 Å². The van der Waals surface area contributed by atoms with Crippen LogP contribution in [0.25, 0.3) is 0 Å². The van der Waals surface area contributed by atoms with Crippen LogP contribution in [0.3, 0.4) is 0 Å². The maximum atomic E-state index is 13.5. The van der Waals surface area contributed by atoms with Crippen LogP contribution in [0.1, 0.15) is 33.1 Å². The maximum Gasteiger partial charge on any atom is 0.418 e. The van der Waals surface area contributed by atoms with Crippen LogP contribution >= 0.6 is 0 Å². The molecule has 0 saturated carbocycles. The van der Waals surface area contributed by atoms with E-state index in [1.165, 1.54) is 30.5 Å². The summed E-state index contributed by atoms with van der Waals surface area (Å²) in [5, 5.41) is 8.92. The normalized spacial score (nSPS) is 11.4. The van der Waals surface area contributed by atoms with Gasteiger partial charge in [0.25, 0.3) is 5.91 Å². The van der Waals surface area contributed by atoms with Crippen molar-refractivity contribution in [2.45, 2.75) is 26.6 Å². The molecule has 3 rings (SSSR count). The SMILES string of the molecule is Cc1noc(C)c1CNc1ccc(NC(=O)c2ccco2)cc1C(F)(F)F. The molecule has 2 aromatic heterocycles. The molecule has 0 aliphatic heterocycles. The Morgan fingerprint density at radius 3 is 2.59 bits per heavy atom. The van der Waals surface area contributed by atoms with Crippen LogP contribution in [-0.2, 0) is 12.7 Å². The van der Waals surface area contributed by atoms with E-state index in [1.54, 1.807) is 13.8 Å². The lowest BCUT2D eigenvalue weighted by atomic mass is 10.1. The molecule has 0 radical (unpaired) electrons. The molecule has 0 aliphatic carbocycles. The van der Waals surface area contributed by atoms with E-state index in [1.807, 2.05) is 0 Å². The highest BCUT2D eigenvalue weighted by atomic mass is 19.4. The van der Waals surface area contributed by atoms with E-state index in [0.717, 1.165) is 6.07 Å². The van der Waals surface area contributed by atoms with E-state index in [0.29, 0.717) is 17.0 Å². The number of amides is 1. The minimum atomic E-state index is -4.60. The third-order valence-corrected chi connectivity index (χ3v) is 3.96. The number of rotatable bonds is 5. The first-order valence-electron chi connectivity index (χ1n) is 7.97. The number of alkyl halides is 3. The summed E-state index contributed by atoms with van der Waals surface area (Å²) in [6.07, 6.45) is -3.30. The van der Waals surface area contributed by atoms with Gasteiger partial charge in [-0.25, -0.2) is 0 Å². The second-order valence-electron chi connectivity index (χ2n) is 5.85. The Morgan fingerprint density at radius 2 is 2.00 bits per heavy atom. The minimum absolute atomic E-state index is 0.00386. The van der Waals surface area contributed by atoms with Crippen LogP contribution in [0, 0.1) is 13.8 Å². The summed E-state index contributed by atoms with van der Waals surface area (Å²) in [7, 11) is 0. The highest BCUT2D eigenvalue weighted by molar-refractivity contribution is 6.02. The van der Waals surface area contributed by atoms with Gasteiger partial charge in [0.2, 0.25) is 0 Å². The zero-order valence-electron chi connectivity index (χ0n) is 14.5. The second kappa shape index (κ2) is 7.18. The quantitative estimate of drug-likeness (QED) is 0.668.